The number of nitrogens with zero attached hydrogens (tertiary/aromatic N) is 3. The van der Waals surface area contributed by atoms with Gasteiger partial charge in [0.25, 0.3) is 0 Å². The summed E-state index contributed by atoms with van der Waals surface area (Å²) in [5.41, 5.74) is 3.39. The number of likely N-dealkylation sites (N-methyl/N-ethyl adjacent to an activating group) is 1. The maximum atomic E-state index is 12.1. The highest BCUT2D eigenvalue weighted by Gasteiger charge is 2.13. The van der Waals surface area contributed by atoms with E-state index in [2.05, 4.69) is 10.4 Å². The number of benzene rings is 1. The van der Waals surface area contributed by atoms with E-state index in [1.165, 1.54) is 0 Å². The van der Waals surface area contributed by atoms with Crippen molar-refractivity contribution in [2.45, 2.75) is 26.4 Å². The van der Waals surface area contributed by atoms with Crippen LogP contribution in [-0.4, -0.2) is 34.2 Å². The molecule has 1 aromatic heterocycles. The van der Waals surface area contributed by atoms with Crippen LogP contribution in [-0.2, 0) is 18.4 Å². The zero-order chi connectivity index (χ0) is 16.1. The maximum Gasteiger partial charge on any atom is 0.234 e. The van der Waals surface area contributed by atoms with Gasteiger partial charge in [-0.05, 0) is 26.5 Å². The summed E-state index contributed by atoms with van der Waals surface area (Å²) >= 11 is 0. The summed E-state index contributed by atoms with van der Waals surface area (Å²) in [6.07, 6.45) is 1.86. The molecule has 0 aliphatic carbocycles. The maximum absolute atomic E-state index is 12.1. The number of carbonyl (C=O) groups is 1. The molecule has 0 radical (unpaired) electrons. The van der Waals surface area contributed by atoms with Crippen LogP contribution in [0.3, 0.4) is 0 Å². The van der Waals surface area contributed by atoms with Crippen molar-refractivity contribution in [3.63, 3.8) is 0 Å². The van der Waals surface area contributed by atoms with Gasteiger partial charge in [-0.25, -0.2) is 0 Å². The van der Waals surface area contributed by atoms with Crippen molar-refractivity contribution in [3.8, 4) is 0 Å². The number of carbonyl (C=O) groups excluding carboxylic acids is 1. The Kier molecular flexibility index (Phi) is 5.33. The first-order valence-corrected chi connectivity index (χ1v) is 7.47. The highest BCUT2D eigenvalue weighted by Crippen LogP contribution is 2.11. The Labute approximate surface area is 131 Å². The topological polar surface area (TPSA) is 50.2 Å². The van der Waals surface area contributed by atoms with Gasteiger partial charge in [-0.15, -0.1) is 0 Å². The average molecular weight is 300 g/mol. The minimum Gasteiger partial charge on any atom is -0.348 e. The van der Waals surface area contributed by atoms with E-state index in [1.807, 2.05) is 74.1 Å². The Bertz CT molecular complexity index is 621. The van der Waals surface area contributed by atoms with E-state index in [1.54, 1.807) is 0 Å². The van der Waals surface area contributed by atoms with Crippen LogP contribution in [0.15, 0.2) is 36.5 Å². The lowest BCUT2D eigenvalue weighted by molar-refractivity contribution is -0.122. The van der Waals surface area contributed by atoms with Gasteiger partial charge in [0.05, 0.1) is 18.8 Å². The second-order valence-electron chi connectivity index (χ2n) is 5.75. The molecule has 0 saturated carbocycles. The molecule has 22 heavy (non-hydrogen) atoms. The molecule has 1 unspecified atom stereocenters. The van der Waals surface area contributed by atoms with E-state index in [9.17, 15) is 4.79 Å². The van der Waals surface area contributed by atoms with Gasteiger partial charge in [0.2, 0.25) is 5.91 Å². The molecular formula is C17H24N4O. The van der Waals surface area contributed by atoms with Gasteiger partial charge in [0.15, 0.2) is 0 Å². The van der Waals surface area contributed by atoms with Gasteiger partial charge in [-0.1, -0.05) is 30.3 Å². The van der Waals surface area contributed by atoms with E-state index in [-0.39, 0.29) is 11.9 Å². The van der Waals surface area contributed by atoms with E-state index in [0.29, 0.717) is 13.1 Å². The van der Waals surface area contributed by atoms with Crippen LogP contribution in [0.5, 0.6) is 0 Å². The summed E-state index contributed by atoms with van der Waals surface area (Å²) in [5, 5.41) is 7.26. The fourth-order valence-electron chi connectivity index (χ4n) is 2.40. The van der Waals surface area contributed by atoms with Crippen molar-refractivity contribution in [2.75, 3.05) is 13.6 Å². The monoisotopic (exact) mass is 300 g/mol. The SMILES string of the molecule is Cc1c(CN(C)CC(=O)NC(C)c2ccccc2)cnn1C. The number of amides is 1. The third-order valence-corrected chi connectivity index (χ3v) is 3.87. The fourth-order valence-corrected chi connectivity index (χ4v) is 2.40. The quantitative estimate of drug-likeness (QED) is 0.888. The highest BCUT2D eigenvalue weighted by molar-refractivity contribution is 5.78. The highest BCUT2D eigenvalue weighted by atomic mass is 16.2. The molecule has 0 fully saturated rings. The van der Waals surface area contributed by atoms with Gasteiger partial charge >= 0.3 is 0 Å². The van der Waals surface area contributed by atoms with Crippen LogP contribution in [0.25, 0.3) is 0 Å². The first-order chi connectivity index (χ1) is 10.5. The minimum atomic E-state index is 0.0160. The van der Waals surface area contributed by atoms with Crippen LogP contribution in [0, 0.1) is 6.92 Å². The lowest BCUT2D eigenvalue weighted by Crippen LogP contribution is -2.36. The van der Waals surface area contributed by atoms with Crippen molar-refractivity contribution in [3.05, 3.63) is 53.3 Å². The summed E-state index contributed by atoms with van der Waals surface area (Å²) in [4.78, 5) is 14.1. The normalized spacial score (nSPS) is 12.4. The van der Waals surface area contributed by atoms with Crippen molar-refractivity contribution < 1.29 is 4.79 Å². The zero-order valence-electron chi connectivity index (χ0n) is 13.7. The molecule has 0 saturated heterocycles. The molecule has 118 valence electrons. The molecule has 1 heterocycles. The standard InChI is InChI=1S/C17H24N4O/c1-13(15-8-6-5-7-9-15)19-17(22)12-20(3)11-16-10-18-21(4)14(16)2/h5-10,13H,11-12H2,1-4H3,(H,19,22). The Morgan fingerprint density at radius 1 is 1.36 bits per heavy atom. The number of nitrogens with one attached hydrogen (secondary N) is 1. The van der Waals surface area contributed by atoms with Gasteiger partial charge < -0.3 is 5.32 Å². The first-order valence-electron chi connectivity index (χ1n) is 7.47. The van der Waals surface area contributed by atoms with E-state index in [4.69, 9.17) is 0 Å². The van der Waals surface area contributed by atoms with Crippen LogP contribution < -0.4 is 5.32 Å². The van der Waals surface area contributed by atoms with Gasteiger partial charge in [-0.3, -0.25) is 14.4 Å². The fraction of sp³-hybridized carbons (Fsp3) is 0.412. The predicted molar refractivity (Wildman–Crippen MR) is 87.3 cm³/mol. The molecular weight excluding hydrogens is 276 g/mol. The average Bonchev–Trinajstić information content (AvgIpc) is 2.80. The third kappa shape index (κ3) is 4.18. The molecule has 2 rings (SSSR count). The van der Waals surface area contributed by atoms with Gasteiger partial charge in [-0.2, -0.15) is 5.10 Å². The molecule has 0 spiro atoms. The van der Waals surface area contributed by atoms with Crippen molar-refractivity contribution in [1.82, 2.24) is 20.0 Å². The van der Waals surface area contributed by atoms with E-state index in [0.717, 1.165) is 16.8 Å². The summed E-state index contributed by atoms with van der Waals surface area (Å²) in [7, 11) is 3.87. The Balaban J connectivity index is 1.85. The summed E-state index contributed by atoms with van der Waals surface area (Å²) in [5.74, 6) is 0.0281. The Hall–Kier alpha value is -2.14. The molecule has 2 aromatic rings. The van der Waals surface area contributed by atoms with Gasteiger partial charge in [0.1, 0.15) is 0 Å². The molecule has 1 aromatic carbocycles. The number of hydrogen-bond acceptors (Lipinski definition) is 3. The third-order valence-electron chi connectivity index (χ3n) is 3.87. The van der Waals surface area contributed by atoms with E-state index >= 15 is 0 Å². The summed E-state index contributed by atoms with van der Waals surface area (Å²) in [6.45, 7) is 5.12. The van der Waals surface area contributed by atoms with Gasteiger partial charge in [0, 0.05) is 24.8 Å². The zero-order valence-corrected chi connectivity index (χ0v) is 13.7. The first kappa shape index (κ1) is 16.2. The second kappa shape index (κ2) is 7.22. The largest absolute Gasteiger partial charge is 0.348 e. The number of rotatable bonds is 6. The lowest BCUT2D eigenvalue weighted by atomic mass is 10.1. The van der Waals surface area contributed by atoms with Crippen LogP contribution in [0.1, 0.15) is 29.8 Å². The number of hydrogen-bond donors (Lipinski definition) is 1. The van der Waals surface area contributed by atoms with Crippen LogP contribution >= 0.6 is 0 Å². The predicted octanol–water partition coefficient (Wildman–Crippen LogP) is 2.04. The number of aryl methyl sites for hydroxylation is 1. The lowest BCUT2D eigenvalue weighted by Gasteiger charge is -2.19. The smallest absolute Gasteiger partial charge is 0.234 e. The molecule has 1 atom stereocenters. The van der Waals surface area contributed by atoms with Crippen LogP contribution in [0.2, 0.25) is 0 Å². The molecule has 1 amide bonds. The molecule has 0 aliphatic heterocycles. The van der Waals surface area contributed by atoms with Crippen molar-refractivity contribution >= 4 is 5.91 Å². The van der Waals surface area contributed by atoms with Crippen molar-refractivity contribution in [1.29, 1.82) is 0 Å². The number of aromatic nitrogens is 2. The molecule has 5 nitrogen and oxygen atoms in total. The molecule has 0 aliphatic rings. The summed E-state index contributed by atoms with van der Waals surface area (Å²) in [6, 6.07) is 10.00. The Morgan fingerprint density at radius 2 is 2.05 bits per heavy atom. The van der Waals surface area contributed by atoms with Crippen molar-refractivity contribution in [2.24, 2.45) is 7.05 Å². The molecule has 1 N–H and O–H groups in total. The molecule has 0 bridgehead atoms. The minimum absolute atomic E-state index is 0.0160. The van der Waals surface area contributed by atoms with E-state index < -0.39 is 0 Å². The Morgan fingerprint density at radius 3 is 2.64 bits per heavy atom. The van der Waals surface area contributed by atoms with Crippen LogP contribution in [0.4, 0.5) is 0 Å². The molecule has 5 heteroatoms. The second-order valence-corrected chi connectivity index (χ2v) is 5.75. The summed E-state index contributed by atoms with van der Waals surface area (Å²) < 4.78 is 1.85.